The van der Waals surface area contributed by atoms with Gasteiger partial charge in [-0.1, -0.05) is 212 Å². The van der Waals surface area contributed by atoms with Gasteiger partial charge in [-0.3, -0.25) is 0 Å². The molecule has 1 heteroatoms. The number of rotatable bonds is 8. The van der Waals surface area contributed by atoms with Crippen LogP contribution >= 0.6 is 0 Å². The Morgan fingerprint density at radius 1 is 0.383 bits per heavy atom. The van der Waals surface area contributed by atoms with Gasteiger partial charge in [-0.25, -0.2) is 0 Å². The summed E-state index contributed by atoms with van der Waals surface area (Å²) >= 11 is 0. The molecular weight excluding hydrogens is 723 g/mol. The second-order valence-electron chi connectivity index (χ2n) is 15.0. The number of benzene rings is 10. The van der Waals surface area contributed by atoms with E-state index in [2.05, 4.69) is 36.4 Å². The lowest BCUT2D eigenvalue weighted by atomic mass is 9.68. The SMILES string of the molecule is [2H]c1c([2H])c(-c2cccc3ccccc23)c([2H])c(N(c2cccc3c2-c2ccccc2C3(c2ccccc2)c2ccccc2)c2c([2H])c([2H])c(-c3cccc(-c4ccccc4)c3)c([2H])c2[2H])c1[2H]. The Morgan fingerprint density at radius 3 is 1.72 bits per heavy atom. The number of fused-ring (bicyclic) bond motifs is 4. The molecule has 0 N–H and O–H groups in total. The first kappa shape index (κ1) is 27.8. The predicted molar refractivity (Wildman–Crippen MR) is 252 cm³/mol. The standard InChI is InChI=1S/C59H41N/c1-4-18-42(19-5-1)45-22-14-23-46(40-45)43-36-38-50(39-37-43)60(51-29-15-24-47(41-51)53-32-16-21-44-20-10-11-30-52(44)53)57-35-17-34-56-58(57)54-31-12-13-33-55(54)59(56,48-25-6-2-7-26-48)49-27-8-3-9-28-49/h1-41H/i15D,24D,29D,36D,37D,38D,39D,41D. The third-order valence-electron chi connectivity index (χ3n) is 11.7. The van der Waals surface area contributed by atoms with E-state index in [9.17, 15) is 11.0 Å². The lowest BCUT2D eigenvalue weighted by molar-refractivity contribution is 0.768. The van der Waals surface area contributed by atoms with Crippen molar-refractivity contribution >= 4 is 27.8 Å². The molecule has 11 rings (SSSR count). The average molecular weight is 772 g/mol. The summed E-state index contributed by atoms with van der Waals surface area (Å²) in [7, 11) is 0. The van der Waals surface area contributed by atoms with Crippen molar-refractivity contribution in [2.75, 3.05) is 4.90 Å². The van der Waals surface area contributed by atoms with E-state index in [1.165, 1.54) is 4.90 Å². The number of hydrogen-bond donors (Lipinski definition) is 0. The van der Waals surface area contributed by atoms with Crippen molar-refractivity contribution in [3.05, 3.63) is 271 Å². The van der Waals surface area contributed by atoms with Gasteiger partial charge in [0.25, 0.3) is 0 Å². The van der Waals surface area contributed by atoms with Crippen LogP contribution in [0.5, 0.6) is 0 Å². The maximum absolute atomic E-state index is 10.2. The van der Waals surface area contributed by atoms with Crippen LogP contribution in [0.15, 0.2) is 249 Å². The van der Waals surface area contributed by atoms with Crippen LogP contribution in [-0.4, -0.2) is 0 Å². The number of anilines is 3. The highest BCUT2D eigenvalue weighted by atomic mass is 15.1. The lowest BCUT2D eigenvalue weighted by Crippen LogP contribution is -2.28. The van der Waals surface area contributed by atoms with Crippen LogP contribution in [0.4, 0.5) is 17.1 Å². The van der Waals surface area contributed by atoms with Gasteiger partial charge in [-0.15, -0.1) is 0 Å². The summed E-state index contributed by atoms with van der Waals surface area (Å²) < 4.78 is 78.2. The summed E-state index contributed by atoms with van der Waals surface area (Å²) in [6.45, 7) is 0. The van der Waals surface area contributed by atoms with E-state index >= 15 is 0 Å². The molecule has 10 aromatic carbocycles. The zero-order valence-electron chi connectivity index (χ0n) is 40.5. The third kappa shape index (κ3) is 5.86. The summed E-state index contributed by atoms with van der Waals surface area (Å²) in [5, 5.41) is 1.62. The van der Waals surface area contributed by atoms with E-state index in [1.807, 2.05) is 158 Å². The van der Waals surface area contributed by atoms with E-state index in [0.29, 0.717) is 22.4 Å². The van der Waals surface area contributed by atoms with E-state index in [0.717, 1.165) is 49.7 Å². The molecule has 0 radical (unpaired) electrons. The highest BCUT2D eigenvalue weighted by Crippen LogP contribution is 2.59. The fourth-order valence-corrected chi connectivity index (χ4v) is 9.08. The van der Waals surface area contributed by atoms with Gasteiger partial charge in [0.15, 0.2) is 0 Å². The molecule has 1 aliphatic carbocycles. The van der Waals surface area contributed by atoms with Crippen molar-refractivity contribution in [2.24, 2.45) is 0 Å². The smallest absolute Gasteiger partial charge is 0.0714 e. The van der Waals surface area contributed by atoms with Crippen molar-refractivity contribution in [1.82, 2.24) is 0 Å². The summed E-state index contributed by atoms with van der Waals surface area (Å²) in [5.74, 6) is 0. The van der Waals surface area contributed by atoms with Gasteiger partial charge in [0, 0.05) is 16.9 Å². The van der Waals surface area contributed by atoms with Gasteiger partial charge in [-0.2, -0.15) is 0 Å². The zero-order valence-corrected chi connectivity index (χ0v) is 32.5. The van der Waals surface area contributed by atoms with Crippen molar-refractivity contribution in [1.29, 1.82) is 0 Å². The van der Waals surface area contributed by atoms with Crippen LogP contribution < -0.4 is 4.90 Å². The van der Waals surface area contributed by atoms with Crippen LogP contribution in [0, 0.1) is 0 Å². The minimum Gasteiger partial charge on any atom is -0.310 e. The van der Waals surface area contributed by atoms with Crippen LogP contribution in [-0.2, 0) is 5.41 Å². The molecule has 1 nitrogen and oxygen atoms in total. The van der Waals surface area contributed by atoms with Crippen molar-refractivity contribution in [3.63, 3.8) is 0 Å². The van der Waals surface area contributed by atoms with E-state index in [1.54, 1.807) is 6.07 Å². The van der Waals surface area contributed by atoms with Crippen LogP contribution in [0.2, 0.25) is 0 Å². The van der Waals surface area contributed by atoms with Crippen LogP contribution in [0.25, 0.3) is 55.3 Å². The van der Waals surface area contributed by atoms with E-state index in [-0.39, 0.29) is 58.8 Å². The van der Waals surface area contributed by atoms with Crippen molar-refractivity contribution in [3.8, 4) is 44.5 Å². The Hall–Kier alpha value is -7.74. The van der Waals surface area contributed by atoms with Gasteiger partial charge in [0.2, 0.25) is 0 Å². The summed E-state index contributed by atoms with van der Waals surface area (Å²) in [4.78, 5) is 1.50. The molecule has 0 saturated heterocycles. The molecule has 0 saturated carbocycles. The molecule has 0 heterocycles. The summed E-state index contributed by atoms with van der Waals surface area (Å²) in [6.07, 6.45) is 0. The molecule has 0 amide bonds. The van der Waals surface area contributed by atoms with Gasteiger partial charge >= 0.3 is 0 Å². The Morgan fingerprint density at radius 2 is 0.950 bits per heavy atom. The van der Waals surface area contributed by atoms with Crippen molar-refractivity contribution in [2.45, 2.75) is 5.41 Å². The molecule has 0 spiro atoms. The first-order chi connectivity index (χ1) is 33.1. The molecule has 60 heavy (non-hydrogen) atoms. The second kappa shape index (κ2) is 14.9. The highest BCUT2D eigenvalue weighted by Gasteiger charge is 2.47. The van der Waals surface area contributed by atoms with Crippen LogP contribution in [0.3, 0.4) is 0 Å². The first-order valence-corrected chi connectivity index (χ1v) is 20.1. The molecule has 0 aliphatic heterocycles. The molecule has 282 valence electrons. The minimum absolute atomic E-state index is 0.105. The Labute approximate surface area is 363 Å². The average Bonchev–Trinajstić information content (AvgIpc) is 3.69. The minimum atomic E-state index is -0.869. The summed E-state index contributed by atoms with van der Waals surface area (Å²) in [6, 6.07) is 62.0. The topological polar surface area (TPSA) is 3.24 Å². The molecule has 0 unspecified atom stereocenters. The quantitative estimate of drug-likeness (QED) is 0.149. The molecule has 0 atom stereocenters. The largest absolute Gasteiger partial charge is 0.310 e. The fourth-order valence-electron chi connectivity index (χ4n) is 9.08. The monoisotopic (exact) mass is 771 g/mol. The fraction of sp³-hybridized carbons (Fsp3) is 0.0169. The molecular formula is C59H41N. The van der Waals surface area contributed by atoms with Crippen molar-refractivity contribution < 1.29 is 11.0 Å². The molecule has 10 aromatic rings. The van der Waals surface area contributed by atoms with Gasteiger partial charge in [-0.05, 0) is 108 Å². The second-order valence-corrected chi connectivity index (χ2v) is 15.0. The zero-order chi connectivity index (χ0) is 46.8. The third-order valence-corrected chi connectivity index (χ3v) is 11.7. The Kier molecular flexibility index (Phi) is 6.90. The molecule has 0 aromatic heterocycles. The Balaban J connectivity index is 1.26. The maximum Gasteiger partial charge on any atom is 0.0714 e. The van der Waals surface area contributed by atoms with Gasteiger partial charge < -0.3 is 4.90 Å². The molecule has 0 fully saturated rings. The number of hydrogen-bond acceptors (Lipinski definition) is 1. The lowest BCUT2D eigenvalue weighted by Gasteiger charge is -2.34. The molecule has 0 bridgehead atoms. The molecule has 1 aliphatic rings. The van der Waals surface area contributed by atoms with Gasteiger partial charge in [0.05, 0.1) is 22.1 Å². The van der Waals surface area contributed by atoms with E-state index in [4.69, 9.17) is 0 Å². The Bertz CT molecular complexity index is 3540. The maximum atomic E-state index is 10.2. The first-order valence-electron chi connectivity index (χ1n) is 24.1. The van der Waals surface area contributed by atoms with Crippen LogP contribution in [0.1, 0.15) is 33.2 Å². The normalized spacial score (nSPS) is 14.3. The summed E-state index contributed by atoms with van der Waals surface area (Å²) in [5.41, 5.74) is 7.63. The highest BCUT2D eigenvalue weighted by molar-refractivity contribution is 6.00. The number of nitrogens with zero attached hydrogens (tertiary/aromatic N) is 1. The van der Waals surface area contributed by atoms with E-state index < -0.39 is 17.5 Å². The predicted octanol–water partition coefficient (Wildman–Crippen LogP) is 15.7. The van der Waals surface area contributed by atoms with Gasteiger partial charge in [0.1, 0.15) is 0 Å².